The number of likely N-dealkylation sites (N-methyl/N-ethyl adjacent to an activating group) is 1. The first-order valence-corrected chi connectivity index (χ1v) is 28.0. The fraction of sp³-hybridized carbons (Fsp3) is 0.644. The van der Waals surface area contributed by atoms with Crippen molar-refractivity contribution in [2.75, 3.05) is 39.8 Å². The van der Waals surface area contributed by atoms with Crippen LogP contribution in [0, 0.1) is 0 Å². The molecule has 1 aliphatic heterocycles. The fourth-order valence-corrected chi connectivity index (χ4v) is 7.74. The molecule has 3 rings (SSSR count). The minimum Gasteiger partial charge on any atom is -0.480 e. The quantitative estimate of drug-likeness (QED) is 0.0336. The monoisotopic (exact) mass is 1140 g/mol. The number of benzene rings is 2. The van der Waals surface area contributed by atoms with Gasteiger partial charge in [-0.2, -0.15) is 0 Å². The molecule has 81 heavy (non-hydrogen) atoms. The minimum atomic E-state index is -1.53. The van der Waals surface area contributed by atoms with Crippen LogP contribution in [0.2, 0.25) is 0 Å². The molecule has 0 aromatic heterocycles. The SMILES string of the molecule is CCCCCCCCCCN(CCC(=O)NCC(=O)N(C)C1C(=O)NCC(=O)NC(C(=O)O)Cc2ccc(OC(=O)OC(C)(C)C)c(c2)-c2cc1ccc2OC(=O)OC(C)(C)C)C(=O)OC(C)(C)C.CCCCNC(=O)OC(C)(C)C. The van der Waals surface area contributed by atoms with Gasteiger partial charge in [-0.05, 0) is 131 Å². The summed E-state index contributed by atoms with van der Waals surface area (Å²) in [6.45, 7) is 24.7. The molecule has 2 aromatic carbocycles. The van der Waals surface area contributed by atoms with Gasteiger partial charge in [0.25, 0.3) is 0 Å². The summed E-state index contributed by atoms with van der Waals surface area (Å²) in [6, 6.07) is 5.45. The van der Waals surface area contributed by atoms with E-state index in [4.69, 9.17) is 28.4 Å². The molecule has 5 N–H and O–H groups in total. The van der Waals surface area contributed by atoms with Crippen molar-refractivity contribution in [1.82, 2.24) is 31.1 Å². The summed E-state index contributed by atoms with van der Waals surface area (Å²) in [5.74, 6) is -4.67. The first-order valence-electron chi connectivity index (χ1n) is 28.0. The zero-order chi connectivity index (χ0) is 61.3. The van der Waals surface area contributed by atoms with Gasteiger partial charge in [0.05, 0.1) is 13.1 Å². The molecular formula is C59H92N6O16. The lowest BCUT2D eigenvalue weighted by atomic mass is 9.94. The van der Waals surface area contributed by atoms with E-state index in [1.807, 2.05) is 20.8 Å². The molecule has 6 amide bonds. The zero-order valence-electron chi connectivity index (χ0n) is 50.6. The highest BCUT2D eigenvalue weighted by molar-refractivity contribution is 5.94. The van der Waals surface area contributed by atoms with E-state index in [2.05, 4.69) is 35.1 Å². The molecule has 0 fully saturated rings. The molecule has 0 saturated heterocycles. The van der Waals surface area contributed by atoms with Gasteiger partial charge in [-0.3, -0.25) is 19.2 Å². The summed E-state index contributed by atoms with van der Waals surface area (Å²) in [5, 5.41) is 20.2. The van der Waals surface area contributed by atoms with Crippen LogP contribution < -0.4 is 30.7 Å². The summed E-state index contributed by atoms with van der Waals surface area (Å²) >= 11 is 0. The molecular weight excluding hydrogens is 1050 g/mol. The Labute approximate surface area is 478 Å². The van der Waals surface area contributed by atoms with Crippen molar-refractivity contribution in [3.63, 3.8) is 0 Å². The van der Waals surface area contributed by atoms with Gasteiger partial charge in [-0.25, -0.2) is 24.0 Å². The Morgan fingerprint density at radius 2 is 1.16 bits per heavy atom. The number of unbranched alkanes of at least 4 members (excludes halogenated alkanes) is 8. The molecule has 2 unspecified atom stereocenters. The van der Waals surface area contributed by atoms with Gasteiger partial charge in [-0.1, -0.05) is 77.3 Å². The molecule has 2 aromatic rings. The van der Waals surface area contributed by atoms with Crippen LogP contribution in [0.1, 0.15) is 185 Å². The number of amides is 6. The van der Waals surface area contributed by atoms with Crippen LogP contribution in [0.5, 0.6) is 11.5 Å². The number of rotatable bonds is 21. The predicted octanol–water partition coefficient (Wildman–Crippen LogP) is 9.92. The van der Waals surface area contributed by atoms with Crippen LogP contribution in [0.15, 0.2) is 36.4 Å². The number of carboxylic acid groups (broad SMARTS) is 1. The highest BCUT2D eigenvalue weighted by atomic mass is 16.7. The van der Waals surface area contributed by atoms with E-state index in [0.717, 1.165) is 49.8 Å². The van der Waals surface area contributed by atoms with Crippen molar-refractivity contribution >= 4 is 54.1 Å². The van der Waals surface area contributed by atoms with Crippen molar-refractivity contribution in [3.8, 4) is 22.6 Å². The Morgan fingerprint density at radius 1 is 0.642 bits per heavy atom. The van der Waals surface area contributed by atoms with Gasteiger partial charge in [0.2, 0.25) is 23.6 Å². The van der Waals surface area contributed by atoms with Crippen LogP contribution in [0.4, 0.5) is 19.2 Å². The highest BCUT2D eigenvalue weighted by Gasteiger charge is 2.33. The molecule has 0 saturated carbocycles. The fourth-order valence-electron chi connectivity index (χ4n) is 7.74. The molecule has 0 radical (unpaired) electrons. The number of fused-ring (bicyclic) bond motifs is 5. The largest absolute Gasteiger partial charge is 0.514 e. The normalized spacial score (nSPS) is 14.7. The Kier molecular flexibility index (Phi) is 28.5. The summed E-state index contributed by atoms with van der Waals surface area (Å²) < 4.78 is 32.8. The van der Waals surface area contributed by atoms with Crippen molar-refractivity contribution in [2.45, 2.75) is 208 Å². The van der Waals surface area contributed by atoms with Gasteiger partial charge < -0.3 is 64.6 Å². The summed E-state index contributed by atoms with van der Waals surface area (Å²) in [6.07, 6.45) is 7.08. The second-order valence-electron chi connectivity index (χ2n) is 23.8. The number of nitrogens with zero attached hydrogens (tertiary/aromatic N) is 2. The number of hydrogen-bond acceptors (Lipinski definition) is 15. The average Bonchev–Trinajstić information content (AvgIpc) is 3.47. The average molecular weight is 1140 g/mol. The van der Waals surface area contributed by atoms with Gasteiger partial charge >= 0.3 is 30.5 Å². The van der Waals surface area contributed by atoms with E-state index in [-0.39, 0.29) is 53.7 Å². The standard InChI is InChI=1S/C50H73N5O14.C9H19NO2/c1-12-13-14-15-16-17-18-19-25-55(45(62)67-48(2,3)4)26-24-39(56)51-31-41(58)54(11)42-33-21-23-38(66-47(64)69-50(8,9)10)35(29-33)34-27-32(20-22-37(34)65-46(63)68-49(5,6)7)28-36(44(60)61)53-40(57)30-52-43(42)59;1-5-6-7-10-8(11)12-9(2,3)4/h20-23,27,29,36,42H,12-19,24-26,28,30-31H2,1-11H3,(H,51,56)(H,52,59)(H,53,57)(H,60,61);5-7H2,1-4H3,(H,10,11). The molecule has 454 valence electrons. The molecule has 0 aliphatic carbocycles. The van der Waals surface area contributed by atoms with Gasteiger partial charge in [-0.15, -0.1) is 0 Å². The zero-order valence-corrected chi connectivity index (χ0v) is 50.6. The van der Waals surface area contributed by atoms with Gasteiger partial charge in [0.15, 0.2) is 0 Å². The number of nitrogens with one attached hydrogen (secondary N) is 4. The lowest BCUT2D eigenvalue weighted by Crippen LogP contribution is -2.49. The topological polar surface area (TPSA) is 284 Å². The van der Waals surface area contributed by atoms with Crippen LogP contribution in [0.25, 0.3) is 11.1 Å². The Bertz CT molecular complexity index is 2430. The molecule has 22 nitrogen and oxygen atoms in total. The lowest BCUT2D eigenvalue weighted by Gasteiger charge is -2.29. The second-order valence-corrected chi connectivity index (χ2v) is 23.8. The summed E-state index contributed by atoms with van der Waals surface area (Å²) in [5.41, 5.74) is -2.53. The number of alkyl carbamates (subject to hydrolysis) is 1. The molecule has 22 heteroatoms. The smallest absolute Gasteiger partial charge is 0.480 e. The van der Waals surface area contributed by atoms with Crippen molar-refractivity contribution < 1.29 is 76.7 Å². The molecule has 4 bridgehead atoms. The number of carboxylic acids is 1. The van der Waals surface area contributed by atoms with Crippen molar-refractivity contribution in [2.24, 2.45) is 0 Å². The maximum Gasteiger partial charge on any atom is 0.514 e. The second kappa shape index (κ2) is 33.0. The summed E-state index contributed by atoms with van der Waals surface area (Å²) in [4.78, 5) is 120. The third-order valence-electron chi connectivity index (χ3n) is 11.5. The Morgan fingerprint density at radius 3 is 1.69 bits per heavy atom. The third-order valence-corrected chi connectivity index (χ3v) is 11.5. The van der Waals surface area contributed by atoms with Crippen molar-refractivity contribution in [1.29, 1.82) is 0 Å². The van der Waals surface area contributed by atoms with E-state index < -0.39 is 95.6 Å². The number of carbonyl (C=O) groups is 9. The predicted molar refractivity (Wildman–Crippen MR) is 305 cm³/mol. The molecule has 2 atom stereocenters. The van der Waals surface area contributed by atoms with Crippen LogP contribution >= 0.6 is 0 Å². The van der Waals surface area contributed by atoms with Gasteiger partial charge in [0, 0.05) is 50.7 Å². The maximum atomic E-state index is 14.2. The van der Waals surface area contributed by atoms with E-state index in [1.54, 1.807) is 62.3 Å². The highest BCUT2D eigenvalue weighted by Crippen LogP contribution is 2.41. The maximum absolute atomic E-state index is 14.2. The van der Waals surface area contributed by atoms with Crippen LogP contribution in [-0.4, -0.2) is 137 Å². The van der Waals surface area contributed by atoms with Gasteiger partial charge in [0.1, 0.15) is 46.0 Å². The lowest BCUT2D eigenvalue weighted by molar-refractivity contribution is -0.142. The Balaban J connectivity index is 0.00000166. The number of ether oxygens (including phenoxy) is 6. The first kappa shape index (κ1) is 70.0. The number of aliphatic carboxylic acids is 1. The molecule has 0 spiro atoms. The van der Waals surface area contributed by atoms with E-state index >= 15 is 0 Å². The van der Waals surface area contributed by atoms with E-state index in [0.29, 0.717) is 18.7 Å². The molecule has 1 aliphatic rings. The van der Waals surface area contributed by atoms with Crippen LogP contribution in [0.3, 0.4) is 0 Å². The van der Waals surface area contributed by atoms with Crippen LogP contribution in [-0.2, 0) is 49.3 Å². The number of carbonyl (C=O) groups excluding carboxylic acids is 8. The summed E-state index contributed by atoms with van der Waals surface area (Å²) in [7, 11) is 1.30. The third kappa shape index (κ3) is 28.7. The Hall–Kier alpha value is -7.13. The number of hydrogen-bond donors (Lipinski definition) is 5. The van der Waals surface area contributed by atoms with E-state index in [1.165, 1.54) is 67.6 Å². The molecule has 1 heterocycles. The van der Waals surface area contributed by atoms with E-state index in [9.17, 15) is 48.3 Å². The first-order chi connectivity index (χ1) is 37.6. The minimum absolute atomic E-state index is 0.0262. The van der Waals surface area contributed by atoms with Crippen molar-refractivity contribution in [3.05, 3.63) is 47.5 Å².